The molecule has 0 aliphatic heterocycles. The van der Waals surface area contributed by atoms with Crippen LogP contribution in [0.1, 0.15) is 25.3 Å². The number of hydrogen-bond donors (Lipinski definition) is 1. The highest BCUT2D eigenvalue weighted by atomic mass is 35.5. The van der Waals surface area contributed by atoms with Gasteiger partial charge in [-0.3, -0.25) is 0 Å². The molecule has 0 saturated heterocycles. The summed E-state index contributed by atoms with van der Waals surface area (Å²) in [5.41, 5.74) is -0.163. The smallest absolute Gasteiger partial charge is 0.141 e. The third-order valence-electron chi connectivity index (χ3n) is 2.88. The molecule has 1 atom stereocenters. The molecule has 1 N–H and O–H groups in total. The molecule has 1 nitrogen and oxygen atoms in total. The molecule has 0 aromatic heterocycles. The lowest BCUT2D eigenvalue weighted by atomic mass is 9.91. The van der Waals surface area contributed by atoms with Crippen molar-refractivity contribution in [3.8, 4) is 0 Å². The fourth-order valence-corrected chi connectivity index (χ4v) is 1.87. The van der Waals surface area contributed by atoms with Crippen molar-refractivity contribution in [2.75, 3.05) is 0 Å². The molecule has 1 fully saturated rings. The molecule has 2 rings (SSSR count). The Kier molecular flexibility index (Phi) is 2.28. The molecule has 1 aromatic carbocycles. The van der Waals surface area contributed by atoms with Crippen molar-refractivity contribution in [3.05, 3.63) is 34.6 Å². The van der Waals surface area contributed by atoms with E-state index in [9.17, 15) is 9.50 Å². The van der Waals surface area contributed by atoms with Gasteiger partial charge in [-0.05, 0) is 43.4 Å². The fraction of sp³-hybridized carbons (Fsp3) is 0.455. The number of halogens is 2. The lowest BCUT2D eigenvalue weighted by Gasteiger charge is -2.23. The standard InChI is InChI=1S/C11H12ClFO/c1-11(14,7-2-3-7)8-4-5-10(13)9(12)6-8/h4-7,14H,2-3H2,1H3/t11-/m0/s1. The highest BCUT2D eigenvalue weighted by Crippen LogP contribution is 2.45. The molecule has 0 heterocycles. The van der Waals surface area contributed by atoms with Crippen LogP contribution in [0.2, 0.25) is 5.02 Å². The largest absolute Gasteiger partial charge is 0.385 e. The summed E-state index contributed by atoms with van der Waals surface area (Å²) in [4.78, 5) is 0. The second-order valence-corrected chi connectivity index (χ2v) is 4.46. The zero-order valence-electron chi connectivity index (χ0n) is 7.93. The van der Waals surface area contributed by atoms with Crippen LogP contribution in [0.3, 0.4) is 0 Å². The van der Waals surface area contributed by atoms with Crippen LogP contribution in [0, 0.1) is 11.7 Å². The second-order valence-electron chi connectivity index (χ2n) is 4.05. The van der Waals surface area contributed by atoms with Gasteiger partial charge in [-0.15, -0.1) is 0 Å². The molecule has 0 radical (unpaired) electrons. The topological polar surface area (TPSA) is 20.2 Å². The highest BCUT2D eigenvalue weighted by Gasteiger charge is 2.41. The van der Waals surface area contributed by atoms with Crippen LogP contribution in [0.15, 0.2) is 18.2 Å². The highest BCUT2D eigenvalue weighted by molar-refractivity contribution is 6.30. The maximum absolute atomic E-state index is 12.9. The van der Waals surface area contributed by atoms with Gasteiger partial charge in [-0.2, -0.15) is 0 Å². The van der Waals surface area contributed by atoms with E-state index in [1.807, 2.05) is 0 Å². The van der Waals surface area contributed by atoms with E-state index in [1.54, 1.807) is 13.0 Å². The first-order valence-corrected chi connectivity index (χ1v) is 5.07. The molecule has 0 bridgehead atoms. The van der Waals surface area contributed by atoms with Crippen LogP contribution in [-0.4, -0.2) is 5.11 Å². The molecule has 0 unspecified atom stereocenters. The first-order chi connectivity index (χ1) is 6.51. The van der Waals surface area contributed by atoms with Crippen molar-refractivity contribution in [1.82, 2.24) is 0 Å². The van der Waals surface area contributed by atoms with Gasteiger partial charge in [0, 0.05) is 0 Å². The Morgan fingerprint density at radius 1 is 1.50 bits per heavy atom. The van der Waals surface area contributed by atoms with E-state index < -0.39 is 11.4 Å². The van der Waals surface area contributed by atoms with Crippen molar-refractivity contribution >= 4 is 11.6 Å². The zero-order chi connectivity index (χ0) is 10.3. The monoisotopic (exact) mass is 214 g/mol. The lowest BCUT2D eigenvalue weighted by Crippen LogP contribution is -2.23. The number of benzene rings is 1. The van der Waals surface area contributed by atoms with Gasteiger partial charge in [0.2, 0.25) is 0 Å². The summed E-state index contributed by atoms with van der Waals surface area (Å²) in [5, 5.41) is 10.2. The van der Waals surface area contributed by atoms with Gasteiger partial charge in [-0.1, -0.05) is 17.7 Å². The summed E-state index contributed by atoms with van der Waals surface area (Å²) >= 11 is 5.66. The number of rotatable bonds is 2. The Morgan fingerprint density at radius 2 is 2.14 bits per heavy atom. The Balaban J connectivity index is 2.36. The Labute approximate surface area is 87.5 Å². The SMILES string of the molecule is C[C@@](O)(c1ccc(F)c(Cl)c1)C1CC1. The van der Waals surface area contributed by atoms with E-state index in [0.29, 0.717) is 11.5 Å². The van der Waals surface area contributed by atoms with Crippen molar-refractivity contribution < 1.29 is 9.50 Å². The Morgan fingerprint density at radius 3 is 2.64 bits per heavy atom. The molecule has 3 heteroatoms. The van der Waals surface area contributed by atoms with Crippen LogP contribution in [0.25, 0.3) is 0 Å². The van der Waals surface area contributed by atoms with E-state index in [1.165, 1.54) is 12.1 Å². The van der Waals surface area contributed by atoms with Crippen LogP contribution >= 0.6 is 11.6 Å². The molecule has 1 aliphatic carbocycles. The lowest BCUT2D eigenvalue weighted by molar-refractivity contribution is 0.0330. The second kappa shape index (κ2) is 3.21. The fourth-order valence-electron chi connectivity index (χ4n) is 1.69. The molecule has 0 amide bonds. The number of aliphatic hydroxyl groups is 1. The minimum Gasteiger partial charge on any atom is -0.385 e. The molecular weight excluding hydrogens is 203 g/mol. The van der Waals surface area contributed by atoms with Crippen molar-refractivity contribution in [2.24, 2.45) is 5.92 Å². The van der Waals surface area contributed by atoms with Crippen molar-refractivity contribution in [1.29, 1.82) is 0 Å². The average Bonchev–Trinajstić information content (AvgIpc) is 2.92. The van der Waals surface area contributed by atoms with E-state index in [-0.39, 0.29) is 5.02 Å². The Bertz CT molecular complexity index is 358. The molecule has 14 heavy (non-hydrogen) atoms. The minimum atomic E-state index is -0.864. The minimum absolute atomic E-state index is 0.0726. The Hall–Kier alpha value is -0.600. The van der Waals surface area contributed by atoms with Crippen molar-refractivity contribution in [3.63, 3.8) is 0 Å². The summed E-state index contributed by atoms with van der Waals surface area (Å²) in [6.07, 6.45) is 2.06. The summed E-state index contributed by atoms with van der Waals surface area (Å²) in [7, 11) is 0. The van der Waals surface area contributed by atoms with Crippen LogP contribution in [0.4, 0.5) is 4.39 Å². The maximum atomic E-state index is 12.9. The zero-order valence-corrected chi connectivity index (χ0v) is 8.68. The van der Waals surface area contributed by atoms with Gasteiger partial charge in [0.1, 0.15) is 5.82 Å². The van der Waals surface area contributed by atoms with Gasteiger partial charge in [-0.25, -0.2) is 4.39 Å². The molecule has 76 valence electrons. The van der Waals surface area contributed by atoms with Gasteiger partial charge in [0.05, 0.1) is 10.6 Å². The van der Waals surface area contributed by atoms with E-state index in [4.69, 9.17) is 11.6 Å². The van der Waals surface area contributed by atoms with Gasteiger partial charge >= 0.3 is 0 Å². The predicted octanol–water partition coefficient (Wildman–Crippen LogP) is 3.10. The average molecular weight is 215 g/mol. The van der Waals surface area contributed by atoms with Crippen LogP contribution in [-0.2, 0) is 5.60 Å². The van der Waals surface area contributed by atoms with Crippen molar-refractivity contribution in [2.45, 2.75) is 25.4 Å². The van der Waals surface area contributed by atoms with E-state index >= 15 is 0 Å². The summed E-state index contributed by atoms with van der Waals surface area (Å²) in [5.74, 6) is -0.147. The predicted molar refractivity (Wildman–Crippen MR) is 53.7 cm³/mol. The first kappa shape index (κ1) is 9.94. The third-order valence-corrected chi connectivity index (χ3v) is 3.17. The molecule has 1 aliphatic rings. The van der Waals surface area contributed by atoms with Crippen LogP contribution in [0.5, 0.6) is 0 Å². The summed E-state index contributed by atoms with van der Waals surface area (Å²) in [6, 6.07) is 4.41. The van der Waals surface area contributed by atoms with Gasteiger partial charge in [0.15, 0.2) is 0 Å². The first-order valence-electron chi connectivity index (χ1n) is 4.69. The molecule has 1 aromatic rings. The van der Waals surface area contributed by atoms with Crippen LogP contribution < -0.4 is 0 Å². The molecule has 0 spiro atoms. The van der Waals surface area contributed by atoms with Gasteiger partial charge < -0.3 is 5.11 Å². The van der Waals surface area contributed by atoms with E-state index in [0.717, 1.165) is 12.8 Å². The maximum Gasteiger partial charge on any atom is 0.141 e. The van der Waals surface area contributed by atoms with E-state index in [2.05, 4.69) is 0 Å². The summed E-state index contributed by atoms with van der Waals surface area (Å²) < 4.78 is 12.9. The molecule has 1 saturated carbocycles. The quantitative estimate of drug-likeness (QED) is 0.802. The normalized spacial score (nSPS) is 20.6. The molecular formula is C11H12ClFO. The van der Waals surface area contributed by atoms with Gasteiger partial charge in [0.25, 0.3) is 0 Å². The summed E-state index contributed by atoms with van der Waals surface area (Å²) in [6.45, 7) is 1.76. The number of hydrogen-bond acceptors (Lipinski definition) is 1. The third kappa shape index (κ3) is 1.64.